The van der Waals surface area contributed by atoms with Crippen LogP contribution in [0.1, 0.15) is 48.0 Å². The molecule has 2 heterocycles. The van der Waals surface area contributed by atoms with Crippen molar-refractivity contribution >= 4 is 23.7 Å². The number of fused-ring (bicyclic) bond motifs is 1. The van der Waals surface area contributed by atoms with Crippen LogP contribution in [0.4, 0.5) is 15.3 Å². The van der Waals surface area contributed by atoms with Gasteiger partial charge in [-0.05, 0) is 61.1 Å². The van der Waals surface area contributed by atoms with Crippen molar-refractivity contribution in [2.24, 2.45) is 0 Å². The number of rotatable bonds is 6. The van der Waals surface area contributed by atoms with Gasteiger partial charge >= 0.3 is 12.1 Å². The summed E-state index contributed by atoms with van der Waals surface area (Å²) in [5, 5.41) is 25.1. The molecule has 4 rings (SSSR count). The van der Waals surface area contributed by atoms with Gasteiger partial charge in [0.25, 0.3) is 0 Å². The Labute approximate surface area is 203 Å². The van der Waals surface area contributed by atoms with Gasteiger partial charge in [0.2, 0.25) is 5.91 Å². The van der Waals surface area contributed by atoms with Crippen molar-refractivity contribution < 1.29 is 24.6 Å². The molecule has 2 atom stereocenters. The summed E-state index contributed by atoms with van der Waals surface area (Å²) in [5.74, 6) is -1.14. The van der Waals surface area contributed by atoms with Crippen LogP contribution in [0.25, 0.3) is 0 Å². The van der Waals surface area contributed by atoms with Gasteiger partial charge in [-0.3, -0.25) is 9.78 Å². The van der Waals surface area contributed by atoms with Gasteiger partial charge in [0.1, 0.15) is 6.26 Å². The highest BCUT2D eigenvalue weighted by atomic mass is 16.4. The van der Waals surface area contributed by atoms with Crippen molar-refractivity contribution in [2.75, 3.05) is 25.5 Å². The molecule has 10 nitrogen and oxygen atoms in total. The Balaban J connectivity index is 1.52. The number of aliphatic hydroxyl groups is 1. The average molecular weight is 480 g/mol. The van der Waals surface area contributed by atoms with E-state index >= 15 is 0 Å². The Morgan fingerprint density at radius 1 is 1.23 bits per heavy atom. The third-order valence-corrected chi connectivity index (χ3v) is 6.62. The number of carbonyl (C=O) groups excluding carboxylic acids is 2. The molecular formula is C25H29N5O5. The highest BCUT2D eigenvalue weighted by molar-refractivity contribution is 5.96. The summed E-state index contributed by atoms with van der Waals surface area (Å²) in [7, 11) is 1.52. The lowest BCUT2D eigenvalue weighted by Crippen LogP contribution is -2.42. The number of nitrogens with zero attached hydrogens (tertiary/aromatic N) is 3. The van der Waals surface area contributed by atoms with Crippen molar-refractivity contribution in [3.05, 3.63) is 71.4 Å². The van der Waals surface area contributed by atoms with Crippen LogP contribution < -0.4 is 10.6 Å². The number of hydrogen-bond donors (Lipinski definition) is 4. The van der Waals surface area contributed by atoms with Crippen LogP contribution in [0.2, 0.25) is 0 Å². The number of carbonyl (C=O) groups is 3. The number of benzene rings is 1. The Morgan fingerprint density at radius 2 is 2.06 bits per heavy atom. The number of aromatic nitrogens is 1. The number of hydrogen-bond acceptors (Lipinski definition) is 6. The van der Waals surface area contributed by atoms with Crippen LogP contribution in [0, 0.1) is 0 Å². The molecule has 1 aliphatic heterocycles. The van der Waals surface area contributed by atoms with Gasteiger partial charge in [0.05, 0.1) is 29.9 Å². The van der Waals surface area contributed by atoms with Crippen LogP contribution in [0.15, 0.2) is 54.6 Å². The zero-order chi connectivity index (χ0) is 24.9. The first kappa shape index (κ1) is 24.1. The Bertz CT molecular complexity index is 1140. The number of pyridine rings is 1. The van der Waals surface area contributed by atoms with E-state index in [1.54, 1.807) is 18.3 Å². The first-order valence-corrected chi connectivity index (χ1v) is 11.6. The average Bonchev–Trinajstić information content (AvgIpc) is 3.52. The summed E-state index contributed by atoms with van der Waals surface area (Å²) < 4.78 is 0. The second-order valence-electron chi connectivity index (χ2n) is 8.64. The highest BCUT2D eigenvalue weighted by Crippen LogP contribution is 2.37. The summed E-state index contributed by atoms with van der Waals surface area (Å²) in [6.45, 7) is 0.374. The largest absolute Gasteiger partial charge is 0.514 e. The smallest absolute Gasteiger partial charge is 0.414 e. The minimum Gasteiger partial charge on any atom is -0.514 e. The molecule has 1 fully saturated rings. The van der Waals surface area contributed by atoms with Gasteiger partial charge in [-0.1, -0.05) is 12.1 Å². The molecule has 35 heavy (non-hydrogen) atoms. The van der Waals surface area contributed by atoms with Crippen molar-refractivity contribution in [3.8, 4) is 0 Å². The van der Waals surface area contributed by atoms with Crippen molar-refractivity contribution in [1.29, 1.82) is 0 Å². The predicted octanol–water partition coefficient (Wildman–Crippen LogP) is 3.61. The van der Waals surface area contributed by atoms with E-state index in [4.69, 9.17) is 0 Å². The van der Waals surface area contributed by atoms with Gasteiger partial charge < -0.3 is 25.7 Å². The molecule has 1 aromatic heterocycles. The fourth-order valence-electron chi connectivity index (χ4n) is 4.93. The zero-order valence-corrected chi connectivity index (χ0v) is 19.5. The molecule has 4 N–H and O–H groups in total. The molecule has 0 saturated carbocycles. The van der Waals surface area contributed by atoms with E-state index in [-0.39, 0.29) is 18.6 Å². The van der Waals surface area contributed by atoms with Crippen LogP contribution in [-0.4, -0.2) is 63.2 Å². The number of amides is 4. The van der Waals surface area contributed by atoms with Gasteiger partial charge in [0, 0.05) is 25.5 Å². The maximum atomic E-state index is 13.4. The van der Waals surface area contributed by atoms with Crippen molar-refractivity contribution in [3.63, 3.8) is 0 Å². The third-order valence-electron chi connectivity index (χ3n) is 6.62. The number of nitrogens with one attached hydrogen (secondary N) is 2. The van der Waals surface area contributed by atoms with E-state index in [2.05, 4.69) is 15.6 Å². The molecule has 1 saturated heterocycles. The Morgan fingerprint density at radius 3 is 2.74 bits per heavy atom. The summed E-state index contributed by atoms with van der Waals surface area (Å²) in [4.78, 5) is 44.3. The minimum atomic E-state index is -1.37. The molecule has 1 aromatic carbocycles. The van der Waals surface area contributed by atoms with E-state index in [0.29, 0.717) is 30.8 Å². The molecule has 10 heteroatoms. The number of urea groups is 1. The molecule has 0 spiro atoms. The quantitative estimate of drug-likeness (QED) is 0.465. The standard InChI is InChI=1S/C25H29N5O5/c1-26-24(33)28-17-8-10-19-16(13-17)7-9-20(19)23(32)30(25(34)35)14-18(15-31)29-12-4-6-22(29)21-5-2-3-11-27-21/h2-3,5,8,10-11,13,15,20,22,31H,4,6-7,9,12,14H2,1H3,(H,34,35)(H2,26,28,33). The molecule has 2 aliphatic rings. The normalized spacial score (nSPS) is 19.2. The topological polar surface area (TPSA) is 135 Å². The predicted molar refractivity (Wildman–Crippen MR) is 129 cm³/mol. The number of anilines is 1. The van der Waals surface area contributed by atoms with Crippen LogP contribution >= 0.6 is 0 Å². The summed E-state index contributed by atoms with van der Waals surface area (Å²) in [6, 6.07) is 10.4. The Hall–Kier alpha value is -4.08. The summed E-state index contributed by atoms with van der Waals surface area (Å²) >= 11 is 0. The van der Waals surface area contributed by atoms with Crippen LogP contribution in [0.5, 0.6) is 0 Å². The zero-order valence-electron chi connectivity index (χ0n) is 19.5. The molecule has 1 aliphatic carbocycles. The molecule has 2 aromatic rings. The van der Waals surface area contributed by atoms with E-state index in [1.807, 2.05) is 29.2 Å². The lowest BCUT2D eigenvalue weighted by Gasteiger charge is -2.31. The second kappa shape index (κ2) is 10.5. The Kier molecular flexibility index (Phi) is 7.19. The van der Waals surface area contributed by atoms with E-state index in [0.717, 1.165) is 40.8 Å². The number of carboxylic acid groups (broad SMARTS) is 1. The van der Waals surface area contributed by atoms with Crippen molar-refractivity contribution in [1.82, 2.24) is 20.1 Å². The fraction of sp³-hybridized carbons (Fsp3) is 0.360. The minimum absolute atomic E-state index is 0.0983. The molecule has 184 valence electrons. The third kappa shape index (κ3) is 5.06. The summed E-state index contributed by atoms with van der Waals surface area (Å²) in [6.07, 6.45) is 3.98. The van der Waals surface area contributed by atoms with Crippen molar-refractivity contribution in [2.45, 2.75) is 37.6 Å². The first-order valence-electron chi connectivity index (χ1n) is 11.6. The maximum Gasteiger partial charge on any atom is 0.414 e. The monoisotopic (exact) mass is 479 g/mol. The lowest BCUT2D eigenvalue weighted by atomic mass is 9.99. The molecule has 2 unspecified atom stereocenters. The van der Waals surface area contributed by atoms with Gasteiger partial charge in [-0.25, -0.2) is 14.5 Å². The number of aliphatic hydroxyl groups excluding tert-OH is 1. The van der Waals surface area contributed by atoms with Crippen LogP contribution in [0.3, 0.4) is 0 Å². The van der Waals surface area contributed by atoms with Gasteiger partial charge in [-0.2, -0.15) is 0 Å². The van der Waals surface area contributed by atoms with Gasteiger partial charge in [-0.15, -0.1) is 0 Å². The molecular weight excluding hydrogens is 450 g/mol. The highest BCUT2D eigenvalue weighted by Gasteiger charge is 2.37. The molecule has 4 amide bonds. The maximum absolute atomic E-state index is 13.4. The molecule has 0 bridgehead atoms. The first-order chi connectivity index (χ1) is 16.9. The molecule has 0 radical (unpaired) electrons. The van der Waals surface area contributed by atoms with E-state index in [1.165, 1.54) is 7.05 Å². The number of likely N-dealkylation sites (tertiary alicyclic amines) is 1. The van der Waals surface area contributed by atoms with E-state index in [9.17, 15) is 24.6 Å². The van der Waals surface area contributed by atoms with Gasteiger partial charge in [0.15, 0.2) is 0 Å². The summed E-state index contributed by atoms with van der Waals surface area (Å²) in [5.41, 5.74) is 3.45. The fourth-order valence-corrected chi connectivity index (χ4v) is 4.93. The number of aryl methyl sites for hydroxylation is 1. The second-order valence-corrected chi connectivity index (χ2v) is 8.64. The number of imide groups is 1. The lowest BCUT2D eigenvalue weighted by molar-refractivity contribution is -0.130. The SMILES string of the molecule is CNC(=O)Nc1ccc2c(c1)CCC2C(=O)N(CC(=CO)N1CCCC1c1ccccn1)C(=O)O. The van der Waals surface area contributed by atoms with Crippen LogP contribution in [-0.2, 0) is 11.2 Å². The van der Waals surface area contributed by atoms with E-state index < -0.39 is 17.9 Å².